The fourth-order valence-electron chi connectivity index (χ4n) is 3.98. The number of hydrazone groups is 1. The van der Waals surface area contributed by atoms with Gasteiger partial charge in [0.15, 0.2) is 6.61 Å². The van der Waals surface area contributed by atoms with Crippen molar-refractivity contribution in [1.82, 2.24) is 15.3 Å². The first kappa shape index (κ1) is 24.2. The molecule has 0 radical (unpaired) electrons. The lowest BCUT2D eigenvalue weighted by molar-refractivity contribution is -0.139. The van der Waals surface area contributed by atoms with E-state index in [1.165, 1.54) is 12.4 Å². The normalized spacial score (nSPS) is 18.4. The van der Waals surface area contributed by atoms with Crippen molar-refractivity contribution < 1.29 is 24.5 Å². The zero-order valence-corrected chi connectivity index (χ0v) is 19.1. The molecule has 0 saturated carbocycles. The van der Waals surface area contributed by atoms with Crippen LogP contribution in [-0.4, -0.2) is 56.8 Å². The highest BCUT2D eigenvalue weighted by Gasteiger charge is 2.29. The molecule has 33 heavy (non-hydrogen) atoms. The molecule has 9 nitrogen and oxygen atoms in total. The Bertz CT molecular complexity index is 1010. The number of aromatic hydroxyl groups is 1. The molecule has 0 aliphatic carbocycles. The summed E-state index contributed by atoms with van der Waals surface area (Å²) in [5.41, 5.74) is 3.80. The molecule has 9 heteroatoms. The number of hydrogen-bond acceptors (Lipinski definition) is 7. The third-order valence-electron chi connectivity index (χ3n) is 5.85. The van der Waals surface area contributed by atoms with Gasteiger partial charge in [-0.3, -0.25) is 14.6 Å². The van der Waals surface area contributed by atoms with Gasteiger partial charge < -0.3 is 19.8 Å². The SMILES string of the molecule is Cc1ncc(CO)c(/C=N/NC(=O)c2ccc(OCC(=O)N3C(C)CCCC3C)cc2)c1O. The van der Waals surface area contributed by atoms with Crippen LogP contribution < -0.4 is 10.2 Å². The summed E-state index contributed by atoms with van der Waals surface area (Å²) in [5.74, 6) is -0.113. The van der Waals surface area contributed by atoms with E-state index in [2.05, 4.69) is 29.4 Å². The highest BCUT2D eigenvalue weighted by Crippen LogP contribution is 2.23. The Kier molecular flexibility index (Phi) is 8.00. The predicted molar refractivity (Wildman–Crippen MR) is 123 cm³/mol. The third kappa shape index (κ3) is 5.87. The number of likely N-dealkylation sites (tertiary alicyclic amines) is 1. The maximum Gasteiger partial charge on any atom is 0.271 e. The zero-order chi connectivity index (χ0) is 24.0. The summed E-state index contributed by atoms with van der Waals surface area (Å²) in [7, 11) is 0. The summed E-state index contributed by atoms with van der Waals surface area (Å²) >= 11 is 0. The molecule has 3 N–H and O–H groups in total. The Balaban J connectivity index is 1.56. The molecule has 2 aromatic rings. The zero-order valence-electron chi connectivity index (χ0n) is 19.1. The molecule has 2 atom stereocenters. The summed E-state index contributed by atoms with van der Waals surface area (Å²) in [6, 6.07) is 6.81. The van der Waals surface area contributed by atoms with Crippen LogP contribution in [0.2, 0.25) is 0 Å². The molecule has 2 unspecified atom stereocenters. The van der Waals surface area contributed by atoms with Gasteiger partial charge >= 0.3 is 0 Å². The highest BCUT2D eigenvalue weighted by atomic mass is 16.5. The Labute approximate surface area is 193 Å². The minimum atomic E-state index is -0.458. The fourth-order valence-corrected chi connectivity index (χ4v) is 3.98. The van der Waals surface area contributed by atoms with Gasteiger partial charge in [0.05, 0.1) is 18.5 Å². The molecule has 2 heterocycles. The van der Waals surface area contributed by atoms with Crippen molar-refractivity contribution in [3.05, 3.63) is 52.8 Å². The maximum atomic E-state index is 12.6. The van der Waals surface area contributed by atoms with Gasteiger partial charge in [-0.05, 0) is 64.3 Å². The Morgan fingerprint density at radius 1 is 1.24 bits per heavy atom. The van der Waals surface area contributed by atoms with Crippen LogP contribution in [0, 0.1) is 6.92 Å². The average Bonchev–Trinajstić information content (AvgIpc) is 2.80. The van der Waals surface area contributed by atoms with E-state index in [1.54, 1.807) is 31.2 Å². The number of benzene rings is 1. The molecular formula is C24H30N4O5. The number of pyridine rings is 1. The van der Waals surface area contributed by atoms with E-state index in [-0.39, 0.29) is 42.5 Å². The fraction of sp³-hybridized carbons (Fsp3) is 0.417. The summed E-state index contributed by atoms with van der Waals surface area (Å²) in [5, 5.41) is 23.4. The number of aliphatic hydroxyl groups excluding tert-OH is 1. The molecule has 1 fully saturated rings. The van der Waals surface area contributed by atoms with E-state index in [1.807, 2.05) is 4.90 Å². The molecule has 1 aromatic carbocycles. The van der Waals surface area contributed by atoms with Crippen LogP contribution in [0.25, 0.3) is 0 Å². The number of amides is 2. The monoisotopic (exact) mass is 454 g/mol. The maximum absolute atomic E-state index is 12.6. The van der Waals surface area contributed by atoms with Crippen LogP contribution in [-0.2, 0) is 11.4 Å². The van der Waals surface area contributed by atoms with E-state index in [0.717, 1.165) is 19.3 Å². The smallest absolute Gasteiger partial charge is 0.271 e. The van der Waals surface area contributed by atoms with E-state index in [4.69, 9.17) is 4.74 Å². The summed E-state index contributed by atoms with van der Waals surface area (Å²) in [6.07, 6.45) is 5.84. The van der Waals surface area contributed by atoms with Gasteiger partial charge in [0.1, 0.15) is 11.5 Å². The molecule has 176 valence electrons. The van der Waals surface area contributed by atoms with Crippen molar-refractivity contribution in [2.24, 2.45) is 5.10 Å². The molecule has 2 amide bonds. The van der Waals surface area contributed by atoms with Crippen molar-refractivity contribution in [1.29, 1.82) is 0 Å². The number of hydrogen-bond donors (Lipinski definition) is 3. The van der Waals surface area contributed by atoms with E-state index in [0.29, 0.717) is 22.6 Å². The average molecular weight is 455 g/mol. The molecule has 0 spiro atoms. The number of carbonyl (C=O) groups is 2. The van der Waals surface area contributed by atoms with E-state index < -0.39 is 5.91 Å². The topological polar surface area (TPSA) is 124 Å². The predicted octanol–water partition coefficient (Wildman–Crippen LogP) is 2.52. The lowest BCUT2D eigenvalue weighted by atomic mass is 9.97. The number of carbonyl (C=O) groups excluding carboxylic acids is 2. The minimum absolute atomic E-state index is 0.0392. The second-order valence-corrected chi connectivity index (χ2v) is 8.23. The number of piperidine rings is 1. The van der Waals surface area contributed by atoms with Crippen LogP contribution >= 0.6 is 0 Å². The molecule has 1 aromatic heterocycles. The number of nitrogens with one attached hydrogen (secondary N) is 1. The Hall–Kier alpha value is -3.46. The van der Waals surface area contributed by atoms with Gasteiger partial charge in [0, 0.05) is 35.0 Å². The molecule has 0 bridgehead atoms. The van der Waals surface area contributed by atoms with Gasteiger partial charge in [-0.25, -0.2) is 5.43 Å². The first-order chi connectivity index (χ1) is 15.8. The first-order valence-electron chi connectivity index (χ1n) is 11.0. The van der Waals surface area contributed by atoms with Crippen LogP contribution in [0.5, 0.6) is 11.5 Å². The number of rotatable bonds is 7. The van der Waals surface area contributed by atoms with Crippen molar-refractivity contribution in [3.63, 3.8) is 0 Å². The largest absolute Gasteiger partial charge is 0.505 e. The molecule has 1 aliphatic heterocycles. The standard InChI is InChI=1S/C24H30N4O5/c1-15-5-4-6-16(2)28(15)22(30)14-33-20-9-7-18(8-10-20)24(32)27-26-12-21-19(13-29)11-25-17(3)23(21)31/h7-12,15-16,29,31H,4-6,13-14H2,1-3H3,(H,27,32)/b26-12+. The van der Waals surface area contributed by atoms with Crippen LogP contribution in [0.3, 0.4) is 0 Å². The van der Waals surface area contributed by atoms with Crippen LogP contribution in [0.1, 0.15) is 60.3 Å². The Morgan fingerprint density at radius 3 is 2.55 bits per heavy atom. The number of aliphatic hydroxyl groups is 1. The van der Waals surface area contributed by atoms with Crippen molar-refractivity contribution in [2.45, 2.75) is 58.7 Å². The summed E-state index contributed by atoms with van der Waals surface area (Å²) < 4.78 is 5.63. The van der Waals surface area contributed by atoms with Gasteiger partial charge in [0.25, 0.3) is 11.8 Å². The second kappa shape index (κ2) is 10.9. The van der Waals surface area contributed by atoms with Gasteiger partial charge in [-0.15, -0.1) is 0 Å². The lowest BCUT2D eigenvalue weighted by Crippen LogP contribution is -2.49. The molecule has 3 rings (SSSR count). The second-order valence-electron chi connectivity index (χ2n) is 8.23. The molecular weight excluding hydrogens is 424 g/mol. The quantitative estimate of drug-likeness (QED) is 0.436. The third-order valence-corrected chi connectivity index (χ3v) is 5.85. The first-order valence-corrected chi connectivity index (χ1v) is 11.0. The van der Waals surface area contributed by atoms with Crippen LogP contribution in [0.4, 0.5) is 0 Å². The summed E-state index contributed by atoms with van der Waals surface area (Å²) in [6.45, 7) is 5.37. The molecule has 1 aliphatic rings. The van der Waals surface area contributed by atoms with Crippen molar-refractivity contribution >= 4 is 18.0 Å². The lowest BCUT2D eigenvalue weighted by Gasteiger charge is -2.38. The number of aryl methyl sites for hydroxylation is 1. The minimum Gasteiger partial charge on any atom is -0.505 e. The van der Waals surface area contributed by atoms with Crippen molar-refractivity contribution in [3.8, 4) is 11.5 Å². The number of ether oxygens (including phenoxy) is 1. The van der Waals surface area contributed by atoms with Gasteiger partial charge in [-0.2, -0.15) is 5.10 Å². The highest BCUT2D eigenvalue weighted by molar-refractivity contribution is 5.95. The van der Waals surface area contributed by atoms with Crippen LogP contribution in [0.15, 0.2) is 35.6 Å². The number of aromatic nitrogens is 1. The van der Waals surface area contributed by atoms with Gasteiger partial charge in [-0.1, -0.05) is 0 Å². The van der Waals surface area contributed by atoms with E-state index >= 15 is 0 Å². The Morgan fingerprint density at radius 2 is 1.91 bits per heavy atom. The summed E-state index contributed by atoms with van der Waals surface area (Å²) in [4.78, 5) is 30.8. The van der Waals surface area contributed by atoms with E-state index in [9.17, 15) is 19.8 Å². The van der Waals surface area contributed by atoms with Crippen molar-refractivity contribution in [2.75, 3.05) is 6.61 Å². The number of nitrogens with zero attached hydrogens (tertiary/aromatic N) is 3. The molecule has 1 saturated heterocycles. The van der Waals surface area contributed by atoms with Gasteiger partial charge in [0.2, 0.25) is 0 Å².